The first-order chi connectivity index (χ1) is 7.56. The van der Waals surface area contributed by atoms with Gasteiger partial charge in [0.1, 0.15) is 11.6 Å². The zero-order valence-corrected chi connectivity index (χ0v) is 10.6. The van der Waals surface area contributed by atoms with Crippen LogP contribution in [0.1, 0.15) is 32.3 Å². The third-order valence-electron chi connectivity index (χ3n) is 2.65. The summed E-state index contributed by atoms with van der Waals surface area (Å²) in [6.45, 7) is 8.92. The lowest BCUT2D eigenvalue weighted by molar-refractivity contribution is 0.529. The van der Waals surface area contributed by atoms with Crippen LogP contribution >= 0.6 is 0 Å². The fourth-order valence-electron chi connectivity index (χ4n) is 1.57. The van der Waals surface area contributed by atoms with E-state index in [0.29, 0.717) is 12.5 Å². The number of nitrogens with one attached hydrogen (secondary N) is 1. The van der Waals surface area contributed by atoms with Gasteiger partial charge in [0, 0.05) is 24.3 Å². The van der Waals surface area contributed by atoms with Crippen LogP contribution in [0.25, 0.3) is 0 Å². The lowest BCUT2D eigenvalue weighted by atomic mass is 10.0. The molecular weight excluding hydrogens is 200 g/mol. The minimum absolute atomic E-state index is 0.263. The van der Waals surface area contributed by atoms with E-state index in [-0.39, 0.29) is 6.04 Å². The Labute approximate surface area is 97.7 Å². The zero-order chi connectivity index (χ0) is 12.1. The Morgan fingerprint density at radius 1 is 1.38 bits per heavy atom. The molecule has 1 unspecified atom stereocenters. The van der Waals surface area contributed by atoms with Crippen LogP contribution in [0.5, 0.6) is 0 Å². The molecule has 1 aromatic heterocycles. The summed E-state index contributed by atoms with van der Waals surface area (Å²) in [6.07, 6.45) is 0.924. The van der Waals surface area contributed by atoms with Crippen molar-refractivity contribution in [1.82, 2.24) is 9.97 Å². The molecule has 1 atom stereocenters. The Morgan fingerprint density at radius 2 is 2.06 bits per heavy atom. The minimum atomic E-state index is 0.263. The molecule has 0 saturated heterocycles. The number of anilines is 1. The Bertz CT molecular complexity index is 336. The van der Waals surface area contributed by atoms with E-state index >= 15 is 0 Å². The van der Waals surface area contributed by atoms with Crippen molar-refractivity contribution in [2.45, 2.75) is 40.2 Å². The van der Waals surface area contributed by atoms with Crippen molar-refractivity contribution in [2.75, 3.05) is 11.9 Å². The predicted octanol–water partition coefficient (Wildman–Crippen LogP) is 1.74. The van der Waals surface area contributed by atoms with E-state index < -0.39 is 0 Å². The van der Waals surface area contributed by atoms with Crippen molar-refractivity contribution in [2.24, 2.45) is 11.7 Å². The molecule has 0 aromatic carbocycles. The van der Waals surface area contributed by atoms with E-state index in [4.69, 9.17) is 5.73 Å². The van der Waals surface area contributed by atoms with E-state index in [1.165, 1.54) is 0 Å². The summed E-state index contributed by atoms with van der Waals surface area (Å²) < 4.78 is 0. The van der Waals surface area contributed by atoms with Gasteiger partial charge in [-0.25, -0.2) is 9.97 Å². The molecule has 0 aliphatic heterocycles. The van der Waals surface area contributed by atoms with E-state index in [0.717, 1.165) is 23.8 Å². The molecule has 0 aliphatic carbocycles. The monoisotopic (exact) mass is 222 g/mol. The highest BCUT2D eigenvalue weighted by molar-refractivity contribution is 5.37. The summed E-state index contributed by atoms with van der Waals surface area (Å²) in [5, 5.41) is 3.37. The number of aromatic nitrogens is 2. The van der Waals surface area contributed by atoms with Crippen molar-refractivity contribution in [3.05, 3.63) is 17.6 Å². The Kier molecular flexibility index (Phi) is 4.68. The first kappa shape index (κ1) is 12.9. The Morgan fingerprint density at radius 3 is 2.56 bits per heavy atom. The molecule has 0 bridgehead atoms. The van der Waals surface area contributed by atoms with Crippen molar-refractivity contribution in [3.63, 3.8) is 0 Å². The first-order valence-corrected chi connectivity index (χ1v) is 5.88. The van der Waals surface area contributed by atoms with Gasteiger partial charge in [0.25, 0.3) is 0 Å². The highest BCUT2D eigenvalue weighted by Gasteiger charge is 2.12. The summed E-state index contributed by atoms with van der Waals surface area (Å²) in [4.78, 5) is 8.72. The van der Waals surface area contributed by atoms with Gasteiger partial charge in [0.2, 0.25) is 0 Å². The van der Waals surface area contributed by atoms with Crippen LogP contribution in [0.15, 0.2) is 6.07 Å². The predicted molar refractivity (Wildman–Crippen MR) is 67.5 cm³/mol. The molecule has 16 heavy (non-hydrogen) atoms. The van der Waals surface area contributed by atoms with Crippen LogP contribution in [0.4, 0.5) is 5.82 Å². The maximum Gasteiger partial charge on any atom is 0.130 e. The number of hydrogen-bond acceptors (Lipinski definition) is 4. The normalized spacial score (nSPS) is 12.9. The third-order valence-corrected chi connectivity index (χ3v) is 2.65. The molecule has 0 fully saturated rings. The van der Waals surface area contributed by atoms with E-state index in [1.54, 1.807) is 0 Å². The average Bonchev–Trinajstić information content (AvgIpc) is 2.24. The van der Waals surface area contributed by atoms with Gasteiger partial charge in [-0.2, -0.15) is 0 Å². The summed E-state index contributed by atoms with van der Waals surface area (Å²) in [5.41, 5.74) is 6.79. The maximum atomic E-state index is 5.72. The highest BCUT2D eigenvalue weighted by Crippen LogP contribution is 2.11. The Balaban J connectivity index is 2.83. The van der Waals surface area contributed by atoms with Gasteiger partial charge < -0.3 is 11.1 Å². The lowest BCUT2D eigenvalue weighted by Crippen LogP contribution is -2.34. The third kappa shape index (κ3) is 3.45. The molecule has 4 nitrogen and oxygen atoms in total. The number of hydrogen-bond donors (Lipinski definition) is 2. The van der Waals surface area contributed by atoms with Gasteiger partial charge in [-0.15, -0.1) is 0 Å². The SMILES string of the molecule is CCc1cc(NC(CN)C(C)C)nc(C)n1. The highest BCUT2D eigenvalue weighted by atomic mass is 15.1. The lowest BCUT2D eigenvalue weighted by Gasteiger charge is -2.21. The zero-order valence-electron chi connectivity index (χ0n) is 10.6. The van der Waals surface area contributed by atoms with Crippen LogP contribution in [-0.2, 0) is 6.42 Å². The van der Waals surface area contributed by atoms with E-state index in [2.05, 4.69) is 36.1 Å². The van der Waals surface area contributed by atoms with E-state index in [9.17, 15) is 0 Å². The van der Waals surface area contributed by atoms with Gasteiger partial charge in [0.15, 0.2) is 0 Å². The molecule has 0 aliphatic rings. The van der Waals surface area contributed by atoms with E-state index in [1.807, 2.05) is 13.0 Å². The molecule has 0 saturated carbocycles. The molecule has 3 N–H and O–H groups in total. The van der Waals surface area contributed by atoms with Crippen molar-refractivity contribution in [3.8, 4) is 0 Å². The molecule has 1 aromatic rings. The van der Waals surface area contributed by atoms with Crippen LogP contribution in [0.2, 0.25) is 0 Å². The number of rotatable bonds is 5. The summed E-state index contributed by atoms with van der Waals surface area (Å²) in [5.74, 6) is 2.18. The van der Waals surface area contributed by atoms with Crippen molar-refractivity contribution < 1.29 is 0 Å². The van der Waals surface area contributed by atoms with Crippen LogP contribution < -0.4 is 11.1 Å². The first-order valence-electron chi connectivity index (χ1n) is 5.88. The smallest absolute Gasteiger partial charge is 0.130 e. The summed E-state index contributed by atoms with van der Waals surface area (Å²) in [7, 11) is 0. The second-order valence-electron chi connectivity index (χ2n) is 4.38. The Hall–Kier alpha value is -1.16. The average molecular weight is 222 g/mol. The molecule has 4 heteroatoms. The second kappa shape index (κ2) is 5.80. The molecule has 1 heterocycles. The minimum Gasteiger partial charge on any atom is -0.366 e. The molecular formula is C12H22N4. The second-order valence-corrected chi connectivity index (χ2v) is 4.38. The summed E-state index contributed by atoms with van der Waals surface area (Å²) in [6, 6.07) is 2.26. The fraction of sp³-hybridized carbons (Fsp3) is 0.667. The topological polar surface area (TPSA) is 63.8 Å². The van der Waals surface area contributed by atoms with Crippen molar-refractivity contribution in [1.29, 1.82) is 0 Å². The fourth-order valence-corrected chi connectivity index (χ4v) is 1.57. The van der Waals surface area contributed by atoms with Crippen molar-refractivity contribution >= 4 is 5.82 Å². The molecule has 90 valence electrons. The molecule has 1 rings (SSSR count). The van der Waals surface area contributed by atoms with Gasteiger partial charge >= 0.3 is 0 Å². The van der Waals surface area contributed by atoms with Gasteiger partial charge in [-0.3, -0.25) is 0 Å². The molecule has 0 amide bonds. The molecule has 0 spiro atoms. The van der Waals surface area contributed by atoms with Gasteiger partial charge in [-0.05, 0) is 19.3 Å². The number of nitrogens with zero attached hydrogens (tertiary/aromatic N) is 2. The number of aryl methyl sites for hydroxylation is 2. The van der Waals surface area contributed by atoms with Crippen LogP contribution in [0, 0.1) is 12.8 Å². The quantitative estimate of drug-likeness (QED) is 0.796. The van der Waals surface area contributed by atoms with Gasteiger partial charge in [-0.1, -0.05) is 20.8 Å². The largest absolute Gasteiger partial charge is 0.366 e. The summed E-state index contributed by atoms with van der Waals surface area (Å²) >= 11 is 0. The standard InChI is InChI=1S/C12H22N4/c1-5-10-6-12(15-9(4)14-10)16-11(7-13)8(2)3/h6,8,11H,5,7,13H2,1-4H3,(H,14,15,16). The maximum absolute atomic E-state index is 5.72. The molecule has 0 radical (unpaired) electrons. The van der Waals surface area contributed by atoms with Crippen LogP contribution in [-0.4, -0.2) is 22.6 Å². The number of nitrogens with two attached hydrogens (primary N) is 1. The van der Waals surface area contributed by atoms with Gasteiger partial charge in [0.05, 0.1) is 0 Å². The van der Waals surface area contributed by atoms with Crippen LogP contribution in [0.3, 0.4) is 0 Å².